The summed E-state index contributed by atoms with van der Waals surface area (Å²) < 4.78 is 62.4. The molecule has 0 bridgehead atoms. The molecule has 0 N–H and O–H groups in total. The topological polar surface area (TPSA) is 43.4 Å². The van der Waals surface area contributed by atoms with Crippen LogP contribution in [0.4, 0.5) is 13.2 Å². The maximum absolute atomic E-state index is 12.1. The van der Waals surface area contributed by atoms with Gasteiger partial charge in [-0.25, -0.2) is 0 Å². The van der Waals surface area contributed by atoms with E-state index >= 15 is 0 Å². The van der Waals surface area contributed by atoms with Crippen LogP contribution in [0.1, 0.15) is 33.1 Å². The fourth-order valence-corrected chi connectivity index (χ4v) is 2.82. The Hall–Kier alpha value is -0.300. The van der Waals surface area contributed by atoms with E-state index < -0.39 is 21.7 Å². The van der Waals surface area contributed by atoms with E-state index in [1.165, 1.54) is 0 Å². The summed E-state index contributed by atoms with van der Waals surface area (Å²) in [6.07, 6.45) is 1.43. The first-order valence-corrected chi connectivity index (χ1v) is 6.55. The van der Waals surface area contributed by atoms with Crippen molar-refractivity contribution in [3.8, 4) is 0 Å². The van der Waals surface area contributed by atoms with Crippen LogP contribution in [0.25, 0.3) is 0 Å². The second-order valence-corrected chi connectivity index (χ2v) is 5.91. The van der Waals surface area contributed by atoms with Crippen molar-refractivity contribution in [1.82, 2.24) is 0 Å². The number of hydrogen-bond donors (Lipinski definition) is 0. The lowest BCUT2D eigenvalue weighted by atomic mass is 9.81. The van der Waals surface area contributed by atoms with Crippen LogP contribution in [0.3, 0.4) is 0 Å². The van der Waals surface area contributed by atoms with Crippen molar-refractivity contribution in [2.75, 3.05) is 0 Å². The van der Waals surface area contributed by atoms with E-state index in [0.717, 1.165) is 6.42 Å². The molecule has 2 atom stereocenters. The number of hydrogen-bond acceptors (Lipinski definition) is 3. The van der Waals surface area contributed by atoms with E-state index in [1.807, 2.05) is 0 Å². The highest BCUT2D eigenvalue weighted by Gasteiger charge is 2.50. The van der Waals surface area contributed by atoms with Gasteiger partial charge in [-0.1, -0.05) is 20.3 Å². The first-order chi connectivity index (χ1) is 7.15. The molecule has 3 nitrogen and oxygen atoms in total. The first-order valence-electron chi connectivity index (χ1n) is 5.14. The molecule has 1 aliphatic carbocycles. The van der Waals surface area contributed by atoms with Gasteiger partial charge in [0, 0.05) is 0 Å². The van der Waals surface area contributed by atoms with Crippen LogP contribution in [0, 0.1) is 11.8 Å². The van der Waals surface area contributed by atoms with E-state index in [4.69, 9.17) is 0 Å². The Kier molecular flexibility index (Phi) is 3.89. The average Bonchev–Trinajstić information content (AvgIpc) is 2.10. The minimum absolute atomic E-state index is 0.166. The van der Waals surface area contributed by atoms with Crippen molar-refractivity contribution < 1.29 is 25.8 Å². The molecule has 0 aromatic rings. The van der Waals surface area contributed by atoms with E-state index in [1.54, 1.807) is 13.8 Å². The molecule has 0 saturated heterocycles. The monoisotopic (exact) mass is 260 g/mol. The predicted molar refractivity (Wildman–Crippen MR) is 52.0 cm³/mol. The number of halogens is 3. The highest BCUT2D eigenvalue weighted by atomic mass is 32.2. The summed E-state index contributed by atoms with van der Waals surface area (Å²) in [7, 11) is -5.46. The zero-order chi connectivity index (χ0) is 12.6. The SMILES string of the molecule is CC1CCCC(C)C1OS(=O)(=O)C(F)(F)F. The minimum Gasteiger partial charge on any atom is -0.259 e. The van der Waals surface area contributed by atoms with E-state index in [-0.39, 0.29) is 11.8 Å². The van der Waals surface area contributed by atoms with Gasteiger partial charge < -0.3 is 0 Å². The normalized spacial score (nSPS) is 32.7. The number of alkyl halides is 3. The first kappa shape index (κ1) is 13.8. The van der Waals surface area contributed by atoms with Gasteiger partial charge in [0.2, 0.25) is 0 Å². The summed E-state index contributed by atoms with van der Waals surface area (Å²) in [6.45, 7) is 3.43. The Bertz CT molecular complexity index is 326. The standard InChI is InChI=1S/C9H15F3O3S/c1-6-4-3-5-7(2)8(6)15-16(13,14)9(10,11)12/h6-8H,3-5H2,1-2H3. The molecule has 1 fully saturated rings. The van der Waals surface area contributed by atoms with Gasteiger partial charge in [0.05, 0.1) is 6.10 Å². The zero-order valence-electron chi connectivity index (χ0n) is 9.12. The third kappa shape index (κ3) is 2.88. The molecule has 7 heteroatoms. The number of rotatable bonds is 2. The quantitative estimate of drug-likeness (QED) is 0.566. The largest absolute Gasteiger partial charge is 0.523 e. The molecular formula is C9H15F3O3S. The Labute approximate surface area is 93.1 Å². The van der Waals surface area contributed by atoms with Crippen molar-refractivity contribution in [1.29, 1.82) is 0 Å². The molecule has 2 unspecified atom stereocenters. The highest BCUT2D eigenvalue weighted by molar-refractivity contribution is 7.87. The maximum atomic E-state index is 12.1. The van der Waals surface area contributed by atoms with Gasteiger partial charge in [-0.15, -0.1) is 0 Å². The molecule has 1 rings (SSSR count). The van der Waals surface area contributed by atoms with Crippen molar-refractivity contribution in [2.45, 2.75) is 44.7 Å². The Morgan fingerprint density at radius 1 is 1.12 bits per heavy atom. The van der Waals surface area contributed by atoms with Crippen LogP contribution in [-0.2, 0) is 14.3 Å². The molecule has 16 heavy (non-hydrogen) atoms. The van der Waals surface area contributed by atoms with Crippen LogP contribution in [0.15, 0.2) is 0 Å². The van der Waals surface area contributed by atoms with Crippen LogP contribution < -0.4 is 0 Å². The van der Waals surface area contributed by atoms with Gasteiger partial charge in [-0.05, 0) is 24.7 Å². The highest BCUT2D eigenvalue weighted by Crippen LogP contribution is 2.35. The fourth-order valence-electron chi connectivity index (χ4n) is 2.04. The third-order valence-electron chi connectivity index (χ3n) is 2.96. The van der Waals surface area contributed by atoms with Crippen molar-refractivity contribution in [3.63, 3.8) is 0 Å². The summed E-state index contributed by atoms with van der Waals surface area (Å²) >= 11 is 0. The molecular weight excluding hydrogens is 245 g/mol. The van der Waals surface area contributed by atoms with E-state index in [9.17, 15) is 21.6 Å². The maximum Gasteiger partial charge on any atom is 0.523 e. The summed E-state index contributed by atoms with van der Waals surface area (Å²) in [5, 5.41) is 0. The third-order valence-corrected chi connectivity index (χ3v) is 4.00. The van der Waals surface area contributed by atoms with Gasteiger partial charge in [-0.3, -0.25) is 4.18 Å². The van der Waals surface area contributed by atoms with Crippen LogP contribution in [-0.4, -0.2) is 20.0 Å². The van der Waals surface area contributed by atoms with E-state index in [0.29, 0.717) is 12.8 Å². The van der Waals surface area contributed by atoms with Crippen LogP contribution in [0.5, 0.6) is 0 Å². The predicted octanol–water partition coefficient (Wildman–Crippen LogP) is 2.68. The van der Waals surface area contributed by atoms with Gasteiger partial charge in [0.15, 0.2) is 0 Å². The molecule has 0 radical (unpaired) electrons. The Morgan fingerprint density at radius 2 is 1.56 bits per heavy atom. The molecule has 1 saturated carbocycles. The minimum atomic E-state index is -5.46. The Morgan fingerprint density at radius 3 is 1.94 bits per heavy atom. The smallest absolute Gasteiger partial charge is 0.259 e. The van der Waals surface area contributed by atoms with Crippen LogP contribution >= 0.6 is 0 Å². The lowest BCUT2D eigenvalue weighted by Gasteiger charge is -2.33. The summed E-state index contributed by atoms with van der Waals surface area (Å²) in [5.41, 5.74) is -5.33. The lowest BCUT2D eigenvalue weighted by molar-refractivity contribution is -0.0640. The second-order valence-electron chi connectivity index (χ2n) is 4.35. The van der Waals surface area contributed by atoms with Gasteiger partial charge >= 0.3 is 15.6 Å². The van der Waals surface area contributed by atoms with E-state index in [2.05, 4.69) is 4.18 Å². The second kappa shape index (κ2) is 4.52. The van der Waals surface area contributed by atoms with Crippen molar-refractivity contribution >= 4 is 10.1 Å². The molecule has 96 valence electrons. The van der Waals surface area contributed by atoms with Gasteiger partial charge in [-0.2, -0.15) is 21.6 Å². The molecule has 0 aromatic heterocycles. The van der Waals surface area contributed by atoms with Gasteiger partial charge in [0.1, 0.15) is 0 Å². The molecule has 0 amide bonds. The fraction of sp³-hybridized carbons (Fsp3) is 1.00. The van der Waals surface area contributed by atoms with Crippen molar-refractivity contribution in [3.05, 3.63) is 0 Å². The molecule has 0 aromatic carbocycles. The molecule has 0 aliphatic heterocycles. The molecule has 0 heterocycles. The summed E-state index contributed by atoms with van der Waals surface area (Å²) in [6, 6.07) is 0. The van der Waals surface area contributed by atoms with Crippen LogP contribution in [0.2, 0.25) is 0 Å². The summed E-state index contributed by atoms with van der Waals surface area (Å²) in [5.74, 6) is -0.332. The van der Waals surface area contributed by atoms with Gasteiger partial charge in [0.25, 0.3) is 0 Å². The molecule has 1 aliphatic rings. The molecule has 0 spiro atoms. The summed E-state index contributed by atoms with van der Waals surface area (Å²) in [4.78, 5) is 0. The average molecular weight is 260 g/mol. The Balaban J connectivity index is 2.80. The lowest BCUT2D eigenvalue weighted by Crippen LogP contribution is -2.38. The van der Waals surface area contributed by atoms with Crippen molar-refractivity contribution in [2.24, 2.45) is 11.8 Å². The zero-order valence-corrected chi connectivity index (χ0v) is 9.94.